The van der Waals surface area contributed by atoms with Crippen LogP contribution in [0.25, 0.3) is 0 Å². The molecule has 0 saturated heterocycles. The molecule has 104 valence electrons. The van der Waals surface area contributed by atoms with E-state index in [1.165, 1.54) is 19.3 Å². The predicted octanol–water partition coefficient (Wildman–Crippen LogP) is 2.87. The number of thiocarbonyl (C=S) groups is 1. The Balaban J connectivity index is 2.16. The highest BCUT2D eigenvalue weighted by Gasteiger charge is 2.38. The number of likely N-dealkylation sites (N-methyl/N-ethyl adjacent to an activating group) is 1. The van der Waals surface area contributed by atoms with Crippen LogP contribution in [0, 0.1) is 0 Å². The average Bonchev–Trinajstić information content (AvgIpc) is 2.26. The van der Waals surface area contributed by atoms with Gasteiger partial charge in [-0.1, -0.05) is 29.9 Å². The Morgan fingerprint density at radius 2 is 2.16 bits per heavy atom. The zero-order chi connectivity index (χ0) is 14.0. The lowest BCUT2D eigenvalue weighted by atomic mass is 9.75. The lowest BCUT2D eigenvalue weighted by Gasteiger charge is -2.47. The summed E-state index contributed by atoms with van der Waals surface area (Å²) in [5.41, 5.74) is 7.67. The van der Waals surface area contributed by atoms with Gasteiger partial charge in [-0.25, -0.2) is 0 Å². The Bertz CT molecular complexity index is 484. The molecule has 19 heavy (non-hydrogen) atoms. The van der Waals surface area contributed by atoms with E-state index in [1.807, 2.05) is 18.2 Å². The molecule has 1 saturated carbocycles. The van der Waals surface area contributed by atoms with Gasteiger partial charge >= 0.3 is 0 Å². The van der Waals surface area contributed by atoms with Gasteiger partial charge in [0.25, 0.3) is 0 Å². The quantitative estimate of drug-likeness (QED) is 0.820. The van der Waals surface area contributed by atoms with Gasteiger partial charge in [0, 0.05) is 17.8 Å². The second-order valence-electron chi connectivity index (χ2n) is 5.35. The molecule has 0 unspecified atom stereocenters. The van der Waals surface area contributed by atoms with Gasteiger partial charge in [-0.3, -0.25) is 0 Å². The van der Waals surface area contributed by atoms with Crippen molar-refractivity contribution in [2.24, 2.45) is 5.73 Å². The molecule has 2 rings (SSSR count). The minimum atomic E-state index is 0.246. The first-order valence-corrected chi connectivity index (χ1v) is 7.24. The van der Waals surface area contributed by atoms with Gasteiger partial charge in [-0.15, -0.1) is 0 Å². The molecule has 3 N–H and O–H groups in total. The summed E-state index contributed by atoms with van der Waals surface area (Å²) in [6.45, 7) is 0.885. The molecule has 0 aliphatic heterocycles. The van der Waals surface area contributed by atoms with Gasteiger partial charge in [0.1, 0.15) is 4.99 Å². The van der Waals surface area contributed by atoms with Gasteiger partial charge in [-0.2, -0.15) is 0 Å². The summed E-state index contributed by atoms with van der Waals surface area (Å²) in [7, 11) is 4.26. The van der Waals surface area contributed by atoms with Gasteiger partial charge in [0.15, 0.2) is 0 Å². The summed E-state index contributed by atoms with van der Waals surface area (Å²) in [6, 6.07) is 5.70. The van der Waals surface area contributed by atoms with E-state index in [4.69, 9.17) is 29.6 Å². The number of nitrogens with zero attached hydrogens (tertiary/aromatic N) is 1. The van der Waals surface area contributed by atoms with Crippen molar-refractivity contribution in [1.29, 1.82) is 0 Å². The summed E-state index contributed by atoms with van der Waals surface area (Å²) >= 11 is 11.2. The van der Waals surface area contributed by atoms with Crippen LogP contribution in [-0.4, -0.2) is 36.1 Å². The number of anilines is 1. The van der Waals surface area contributed by atoms with Crippen LogP contribution in [-0.2, 0) is 0 Å². The summed E-state index contributed by atoms with van der Waals surface area (Å²) in [6.07, 6.45) is 3.73. The van der Waals surface area contributed by atoms with Crippen LogP contribution in [0.1, 0.15) is 24.8 Å². The SMILES string of the molecule is CN(C)C1(CNc2cccc(Cl)c2C(N)=S)CCC1. The second-order valence-corrected chi connectivity index (χ2v) is 6.20. The molecule has 0 amide bonds. The van der Waals surface area contributed by atoms with Gasteiger partial charge in [-0.05, 0) is 45.5 Å². The lowest BCUT2D eigenvalue weighted by Crippen LogP contribution is -2.54. The highest BCUT2D eigenvalue weighted by molar-refractivity contribution is 7.80. The molecule has 3 nitrogen and oxygen atoms in total. The lowest BCUT2D eigenvalue weighted by molar-refractivity contribution is 0.0739. The molecule has 1 aliphatic carbocycles. The molecule has 0 spiro atoms. The minimum absolute atomic E-state index is 0.246. The van der Waals surface area contributed by atoms with Crippen molar-refractivity contribution in [3.8, 4) is 0 Å². The molecule has 0 radical (unpaired) electrons. The normalized spacial score (nSPS) is 17.1. The molecule has 5 heteroatoms. The minimum Gasteiger partial charge on any atom is -0.389 e. The molecule has 0 atom stereocenters. The first-order chi connectivity index (χ1) is 8.96. The second kappa shape index (κ2) is 5.65. The van der Waals surface area contributed by atoms with E-state index in [-0.39, 0.29) is 5.54 Å². The van der Waals surface area contributed by atoms with Crippen LogP contribution >= 0.6 is 23.8 Å². The number of benzene rings is 1. The molecular formula is C14H20ClN3S. The van der Waals surface area contributed by atoms with Crippen LogP contribution in [0.2, 0.25) is 5.02 Å². The zero-order valence-corrected chi connectivity index (χ0v) is 12.9. The summed E-state index contributed by atoms with van der Waals surface area (Å²) in [5, 5.41) is 4.07. The number of nitrogens with two attached hydrogens (primary N) is 1. The highest BCUT2D eigenvalue weighted by Crippen LogP contribution is 2.36. The van der Waals surface area contributed by atoms with E-state index in [0.717, 1.165) is 17.8 Å². The van der Waals surface area contributed by atoms with Gasteiger partial charge < -0.3 is 16.0 Å². The third kappa shape index (κ3) is 2.86. The van der Waals surface area contributed by atoms with Crippen molar-refractivity contribution in [3.05, 3.63) is 28.8 Å². The number of rotatable bonds is 5. The average molecular weight is 298 g/mol. The summed E-state index contributed by atoms with van der Waals surface area (Å²) in [5.74, 6) is 0. The Morgan fingerprint density at radius 3 is 2.63 bits per heavy atom. The monoisotopic (exact) mass is 297 g/mol. The Kier molecular flexibility index (Phi) is 4.33. The van der Waals surface area contributed by atoms with Gasteiger partial charge in [0.2, 0.25) is 0 Å². The maximum absolute atomic E-state index is 6.17. The highest BCUT2D eigenvalue weighted by atomic mass is 35.5. The fraction of sp³-hybridized carbons (Fsp3) is 0.500. The molecule has 0 aromatic heterocycles. The Morgan fingerprint density at radius 1 is 1.47 bits per heavy atom. The van der Waals surface area contributed by atoms with Crippen molar-refractivity contribution in [3.63, 3.8) is 0 Å². The summed E-state index contributed by atoms with van der Waals surface area (Å²) in [4.78, 5) is 2.63. The third-order valence-electron chi connectivity index (χ3n) is 4.10. The fourth-order valence-corrected chi connectivity index (χ4v) is 3.10. The van der Waals surface area contributed by atoms with E-state index in [9.17, 15) is 0 Å². The maximum atomic E-state index is 6.17. The number of nitrogens with one attached hydrogen (secondary N) is 1. The molecule has 0 bridgehead atoms. The van der Waals surface area contributed by atoms with Gasteiger partial charge in [0.05, 0.1) is 10.6 Å². The van der Waals surface area contributed by atoms with E-state index in [1.54, 1.807) is 0 Å². The number of hydrogen-bond acceptors (Lipinski definition) is 3. The van der Waals surface area contributed by atoms with E-state index < -0.39 is 0 Å². The molecule has 0 heterocycles. The van der Waals surface area contributed by atoms with Crippen molar-refractivity contribution >= 4 is 34.5 Å². The zero-order valence-electron chi connectivity index (χ0n) is 11.4. The first kappa shape index (κ1) is 14.6. The maximum Gasteiger partial charge on any atom is 0.107 e. The van der Waals surface area contributed by atoms with Crippen molar-refractivity contribution in [2.75, 3.05) is 26.0 Å². The first-order valence-electron chi connectivity index (χ1n) is 6.46. The molecule has 1 fully saturated rings. The third-order valence-corrected chi connectivity index (χ3v) is 4.62. The van der Waals surface area contributed by atoms with Crippen LogP contribution in [0.15, 0.2) is 18.2 Å². The predicted molar refractivity (Wildman–Crippen MR) is 86.1 cm³/mol. The van der Waals surface area contributed by atoms with Crippen LogP contribution in [0.5, 0.6) is 0 Å². The molecule has 1 aromatic rings. The number of hydrogen-bond donors (Lipinski definition) is 2. The smallest absolute Gasteiger partial charge is 0.107 e. The summed E-state index contributed by atoms with van der Waals surface area (Å²) < 4.78 is 0. The molecule has 1 aromatic carbocycles. The van der Waals surface area contributed by atoms with E-state index >= 15 is 0 Å². The standard InChI is InChI=1S/C14H20ClN3S/c1-18(2)14(7-4-8-14)9-17-11-6-3-5-10(15)12(11)13(16)19/h3,5-6,17H,4,7-9H2,1-2H3,(H2,16,19). The molecular weight excluding hydrogens is 278 g/mol. The van der Waals surface area contributed by atoms with Crippen LogP contribution in [0.3, 0.4) is 0 Å². The largest absolute Gasteiger partial charge is 0.389 e. The fourth-order valence-electron chi connectivity index (χ4n) is 2.55. The van der Waals surface area contributed by atoms with E-state index in [0.29, 0.717) is 10.0 Å². The Hall–Kier alpha value is -0.840. The van der Waals surface area contributed by atoms with Crippen LogP contribution in [0.4, 0.5) is 5.69 Å². The van der Waals surface area contributed by atoms with E-state index in [2.05, 4.69) is 24.3 Å². The number of halogens is 1. The van der Waals surface area contributed by atoms with Crippen LogP contribution < -0.4 is 11.1 Å². The Labute approximate surface area is 125 Å². The van der Waals surface area contributed by atoms with Crippen molar-refractivity contribution < 1.29 is 0 Å². The van der Waals surface area contributed by atoms with Crippen molar-refractivity contribution in [2.45, 2.75) is 24.8 Å². The topological polar surface area (TPSA) is 41.3 Å². The van der Waals surface area contributed by atoms with Crippen molar-refractivity contribution in [1.82, 2.24) is 4.90 Å². The molecule has 1 aliphatic rings.